The molecule has 1 heterocycles. The predicted octanol–water partition coefficient (Wildman–Crippen LogP) is 3.61. The lowest BCUT2D eigenvalue weighted by atomic mass is 10.1. The molecule has 0 radical (unpaired) electrons. The first kappa shape index (κ1) is 18.0. The van der Waals surface area contributed by atoms with Crippen molar-refractivity contribution in [3.63, 3.8) is 0 Å². The van der Waals surface area contributed by atoms with Gasteiger partial charge in [-0.3, -0.25) is 4.79 Å². The molecule has 1 amide bonds. The first-order chi connectivity index (χ1) is 11.5. The number of aryl methyl sites for hydroxylation is 2. The lowest BCUT2D eigenvalue weighted by Crippen LogP contribution is -2.15. The van der Waals surface area contributed by atoms with Gasteiger partial charge in [0.1, 0.15) is 5.03 Å². The van der Waals surface area contributed by atoms with Crippen LogP contribution in [0.4, 0.5) is 5.69 Å². The summed E-state index contributed by atoms with van der Waals surface area (Å²) in [5, 5.41) is 3.37. The molecule has 0 aliphatic rings. The first-order valence-electron chi connectivity index (χ1n) is 7.63. The van der Waals surface area contributed by atoms with Crippen molar-refractivity contribution in [2.75, 3.05) is 17.7 Å². The van der Waals surface area contributed by atoms with Gasteiger partial charge in [0.25, 0.3) is 0 Å². The summed E-state index contributed by atoms with van der Waals surface area (Å²) >= 11 is 1.21. The van der Waals surface area contributed by atoms with Crippen molar-refractivity contribution in [3.05, 3.63) is 53.2 Å². The fourth-order valence-corrected chi connectivity index (χ4v) is 2.93. The summed E-state index contributed by atoms with van der Waals surface area (Å²) in [5.74, 6) is -0.410. The first-order valence-corrected chi connectivity index (χ1v) is 8.62. The van der Waals surface area contributed by atoms with Crippen molar-refractivity contribution in [2.45, 2.75) is 25.8 Å². The van der Waals surface area contributed by atoms with E-state index in [0.717, 1.165) is 16.8 Å². The van der Waals surface area contributed by atoms with Crippen LogP contribution in [0.5, 0.6) is 0 Å². The number of anilines is 1. The highest BCUT2D eigenvalue weighted by Crippen LogP contribution is 2.22. The van der Waals surface area contributed by atoms with E-state index in [9.17, 15) is 9.59 Å². The Balaban J connectivity index is 2.00. The van der Waals surface area contributed by atoms with Crippen LogP contribution in [0.2, 0.25) is 0 Å². The molecule has 0 spiro atoms. The van der Waals surface area contributed by atoms with Crippen molar-refractivity contribution >= 4 is 29.3 Å². The molecule has 0 bridgehead atoms. The van der Waals surface area contributed by atoms with Gasteiger partial charge >= 0.3 is 5.97 Å². The zero-order valence-corrected chi connectivity index (χ0v) is 14.8. The van der Waals surface area contributed by atoms with Crippen LogP contribution in [0.15, 0.2) is 41.6 Å². The molecule has 1 aromatic heterocycles. The van der Waals surface area contributed by atoms with Gasteiger partial charge in [0, 0.05) is 11.9 Å². The number of carbonyl (C=O) groups excluding carboxylic acids is 2. The highest BCUT2D eigenvalue weighted by Gasteiger charge is 2.15. The Labute approximate surface area is 145 Å². The van der Waals surface area contributed by atoms with E-state index in [1.165, 1.54) is 11.8 Å². The molecule has 2 rings (SSSR count). The Morgan fingerprint density at radius 1 is 1.25 bits per heavy atom. The van der Waals surface area contributed by atoms with E-state index >= 15 is 0 Å². The Hall–Kier alpha value is -2.34. The predicted molar refractivity (Wildman–Crippen MR) is 95.5 cm³/mol. The van der Waals surface area contributed by atoms with Crippen molar-refractivity contribution in [1.82, 2.24) is 4.98 Å². The third-order valence-electron chi connectivity index (χ3n) is 3.26. The van der Waals surface area contributed by atoms with Gasteiger partial charge in [-0.05, 0) is 44.5 Å². The number of nitrogens with zero attached hydrogens (tertiary/aromatic N) is 1. The van der Waals surface area contributed by atoms with E-state index in [1.54, 1.807) is 25.3 Å². The molecule has 0 atom stereocenters. The van der Waals surface area contributed by atoms with E-state index in [2.05, 4.69) is 10.3 Å². The summed E-state index contributed by atoms with van der Waals surface area (Å²) < 4.78 is 5.01. The van der Waals surface area contributed by atoms with Gasteiger partial charge in [-0.15, -0.1) is 0 Å². The number of nitrogens with one attached hydrogen (secondary N) is 1. The number of hydrogen-bond donors (Lipinski definition) is 1. The van der Waals surface area contributed by atoms with Crippen molar-refractivity contribution in [3.8, 4) is 0 Å². The molecule has 0 unspecified atom stereocenters. The van der Waals surface area contributed by atoms with Gasteiger partial charge in [0.15, 0.2) is 0 Å². The number of carbonyl (C=O) groups is 2. The molecule has 0 saturated carbocycles. The average molecular weight is 344 g/mol. The molecular formula is C18H20N2O3S. The zero-order valence-electron chi connectivity index (χ0n) is 14.0. The Morgan fingerprint density at radius 2 is 2.04 bits per heavy atom. The van der Waals surface area contributed by atoms with Gasteiger partial charge < -0.3 is 10.1 Å². The summed E-state index contributed by atoms with van der Waals surface area (Å²) in [6.45, 7) is 6.00. The van der Waals surface area contributed by atoms with Gasteiger partial charge in [-0.2, -0.15) is 0 Å². The summed E-state index contributed by atoms with van der Waals surface area (Å²) in [4.78, 5) is 28.2. The summed E-state index contributed by atoms with van der Waals surface area (Å²) in [7, 11) is 0. The van der Waals surface area contributed by atoms with Crippen LogP contribution in [-0.4, -0.2) is 29.2 Å². The maximum Gasteiger partial charge on any atom is 0.340 e. The largest absolute Gasteiger partial charge is 0.462 e. The fraction of sp³-hybridized carbons (Fsp3) is 0.278. The van der Waals surface area contributed by atoms with Gasteiger partial charge in [0.2, 0.25) is 5.91 Å². The second kappa shape index (κ2) is 8.49. The minimum absolute atomic E-state index is 0.146. The van der Waals surface area contributed by atoms with E-state index in [0.29, 0.717) is 17.2 Å². The van der Waals surface area contributed by atoms with Crippen LogP contribution in [0.1, 0.15) is 28.4 Å². The van der Waals surface area contributed by atoms with Crippen LogP contribution in [0.3, 0.4) is 0 Å². The number of benzene rings is 1. The van der Waals surface area contributed by atoms with Crippen LogP contribution in [-0.2, 0) is 9.53 Å². The molecule has 2 aromatic rings. The van der Waals surface area contributed by atoms with Gasteiger partial charge in [0.05, 0.1) is 17.9 Å². The second-order valence-corrected chi connectivity index (χ2v) is 6.20. The quantitative estimate of drug-likeness (QED) is 0.640. The summed E-state index contributed by atoms with van der Waals surface area (Å²) in [6, 6.07) is 9.17. The number of esters is 1. The minimum Gasteiger partial charge on any atom is -0.462 e. The molecule has 0 saturated heterocycles. The number of ether oxygens (including phenoxy) is 1. The topological polar surface area (TPSA) is 68.3 Å². The molecule has 24 heavy (non-hydrogen) atoms. The molecule has 126 valence electrons. The maximum atomic E-state index is 12.2. The molecule has 6 heteroatoms. The van der Waals surface area contributed by atoms with E-state index < -0.39 is 5.97 Å². The Bertz CT molecular complexity index is 747. The third-order valence-corrected chi connectivity index (χ3v) is 4.27. The minimum atomic E-state index is -0.428. The fourth-order valence-electron chi connectivity index (χ4n) is 2.14. The van der Waals surface area contributed by atoms with Gasteiger partial charge in [-0.25, -0.2) is 9.78 Å². The lowest BCUT2D eigenvalue weighted by molar-refractivity contribution is -0.113. The number of pyridine rings is 1. The molecule has 0 aliphatic heterocycles. The third kappa shape index (κ3) is 4.83. The van der Waals surface area contributed by atoms with E-state index in [4.69, 9.17) is 4.74 Å². The van der Waals surface area contributed by atoms with Gasteiger partial charge in [-0.1, -0.05) is 29.5 Å². The molecule has 0 aliphatic carbocycles. The maximum absolute atomic E-state index is 12.2. The van der Waals surface area contributed by atoms with Crippen LogP contribution < -0.4 is 5.32 Å². The SMILES string of the molecule is CCOC(=O)c1cccnc1SCC(=O)Nc1ccc(C)cc1C. The van der Waals surface area contributed by atoms with Crippen molar-refractivity contribution in [1.29, 1.82) is 0 Å². The average Bonchev–Trinajstić information content (AvgIpc) is 2.56. The Morgan fingerprint density at radius 3 is 2.75 bits per heavy atom. The van der Waals surface area contributed by atoms with Crippen LogP contribution in [0, 0.1) is 13.8 Å². The second-order valence-electron chi connectivity index (χ2n) is 5.23. The number of amides is 1. The molecule has 1 N–H and O–H groups in total. The zero-order chi connectivity index (χ0) is 17.5. The lowest BCUT2D eigenvalue weighted by Gasteiger charge is -2.10. The smallest absolute Gasteiger partial charge is 0.340 e. The molecule has 1 aromatic carbocycles. The monoisotopic (exact) mass is 344 g/mol. The molecule has 0 fully saturated rings. The summed E-state index contributed by atoms with van der Waals surface area (Å²) in [6.07, 6.45) is 1.59. The Kier molecular flexibility index (Phi) is 6.37. The van der Waals surface area contributed by atoms with Crippen LogP contribution >= 0.6 is 11.8 Å². The highest BCUT2D eigenvalue weighted by atomic mass is 32.2. The van der Waals surface area contributed by atoms with E-state index in [1.807, 2.05) is 32.0 Å². The highest BCUT2D eigenvalue weighted by molar-refractivity contribution is 8.00. The van der Waals surface area contributed by atoms with Crippen molar-refractivity contribution < 1.29 is 14.3 Å². The standard InChI is InChI=1S/C18H20N2O3S/c1-4-23-18(22)14-6-5-9-19-17(14)24-11-16(21)20-15-8-7-12(2)10-13(15)3/h5-10H,4,11H2,1-3H3,(H,20,21). The normalized spacial score (nSPS) is 10.3. The number of rotatable bonds is 6. The van der Waals surface area contributed by atoms with Crippen LogP contribution in [0.25, 0.3) is 0 Å². The van der Waals surface area contributed by atoms with E-state index in [-0.39, 0.29) is 11.7 Å². The number of hydrogen-bond acceptors (Lipinski definition) is 5. The molecule has 5 nitrogen and oxygen atoms in total. The number of thioether (sulfide) groups is 1. The van der Waals surface area contributed by atoms with Crippen molar-refractivity contribution in [2.24, 2.45) is 0 Å². The summed E-state index contributed by atoms with van der Waals surface area (Å²) in [5.41, 5.74) is 3.33. The number of aromatic nitrogens is 1. The molecular weight excluding hydrogens is 324 g/mol.